The third kappa shape index (κ3) is 5.92. The Labute approximate surface area is 175 Å². The number of ether oxygens (including phenoxy) is 4. The Morgan fingerprint density at radius 1 is 1.17 bits per heavy atom. The molecule has 156 valence electrons. The third-order valence-electron chi connectivity index (χ3n) is 4.32. The van der Waals surface area contributed by atoms with E-state index in [0.29, 0.717) is 60.1 Å². The first kappa shape index (κ1) is 21.1. The number of carbonyl (C=O) groups is 1. The van der Waals surface area contributed by atoms with Gasteiger partial charge in [0.2, 0.25) is 5.91 Å². The molecule has 0 saturated carbocycles. The zero-order valence-electron chi connectivity index (χ0n) is 16.6. The Hall–Kier alpha value is -2.64. The maximum absolute atomic E-state index is 12.4. The van der Waals surface area contributed by atoms with Crippen LogP contribution in [0, 0.1) is 0 Å². The monoisotopic (exact) mass is 420 g/mol. The van der Waals surface area contributed by atoms with Crippen LogP contribution in [-0.2, 0) is 4.79 Å². The Balaban J connectivity index is 1.49. The number of hydrogen-bond acceptors (Lipinski definition) is 6. The number of likely N-dealkylation sites (N-methyl/N-ethyl adjacent to an activating group) is 1. The maximum atomic E-state index is 12.4. The summed E-state index contributed by atoms with van der Waals surface area (Å²) in [5, 5.41) is 3.24. The number of para-hydroxylation sites is 2. The smallest absolute Gasteiger partial charge is 0.238 e. The Kier molecular flexibility index (Phi) is 7.43. The van der Waals surface area contributed by atoms with Crippen LogP contribution in [0.1, 0.15) is 6.42 Å². The average Bonchev–Trinajstić information content (AvgIpc) is 2.93. The fourth-order valence-corrected chi connectivity index (χ4v) is 3.04. The van der Waals surface area contributed by atoms with Gasteiger partial charge in [0.25, 0.3) is 0 Å². The van der Waals surface area contributed by atoms with Crippen molar-refractivity contribution >= 4 is 23.2 Å². The van der Waals surface area contributed by atoms with Crippen LogP contribution in [0.2, 0.25) is 5.02 Å². The summed E-state index contributed by atoms with van der Waals surface area (Å²) in [4.78, 5) is 14.3. The molecule has 0 spiro atoms. The molecule has 0 fully saturated rings. The predicted molar refractivity (Wildman–Crippen MR) is 112 cm³/mol. The Morgan fingerprint density at radius 2 is 1.86 bits per heavy atom. The van der Waals surface area contributed by atoms with Crippen LogP contribution < -0.4 is 24.3 Å². The van der Waals surface area contributed by atoms with Gasteiger partial charge in [0.15, 0.2) is 23.0 Å². The Bertz CT molecular complexity index is 846. The molecule has 2 aromatic carbocycles. The molecule has 1 heterocycles. The lowest BCUT2D eigenvalue weighted by Crippen LogP contribution is -2.33. The van der Waals surface area contributed by atoms with Crippen LogP contribution in [-0.4, -0.2) is 57.9 Å². The van der Waals surface area contributed by atoms with E-state index >= 15 is 0 Å². The number of nitrogens with one attached hydrogen (secondary N) is 1. The number of amides is 1. The summed E-state index contributed by atoms with van der Waals surface area (Å²) in [6.45, 7) is 2.34. The molecule has 0 radical (unpaired) electrons. The first-order valence-electron chi connectivity index (χ1n) is 9.40. The van der Waals surface area contributed by atoms with Gasteiger partial charge >= 0.3 is 0 Å². The topological polar surface area (TPSA) is 69.3 Å². The molecule has 1 N–H and O–H groups in total. The minimum absolute atomic E-state index is 0.179. The zero-order chi connectivity index (χ0) is 20.6. The summed E-state index contributed by atoms with van der Waals surface area (Å²) in [6, 6.07) is 10.8. The van der Waals surface area contributed by atoms with Crippen LogP contribution >= 0.6 is 11.6 Å². The number of carbonyl (C=O) groups excluding carboxylic acids is 1. The molecule has 1 aliphatic heterocycles. The molecule has 29 heavy (non-hydrogen) atoms. The number of benzene rings is 2. The lowest BCUT2D eigenvalue weighted by Gasteiger charge is -2.18. The lowest BCUT2D eigenvalue weighted by atomic mass is 10.2. The summed E-state index contributed by atoms with van der Waals surface area (Å²) >= 11 is 6.28. The van der Waals surface area contributed by atoms with Crippen LogP contribution in [0.25, 0.3) is 0 Å². The molecule has 0 aliphatic carbocycles. The molecule has 0 aromatic heterocycles. The molecular weight excluding hydrogens is 396 g/mol. The van der Waals surface area contributed by atoms with Crippen LogP contribution in [0.4, 0.5) is 5.69 Å². The van der Waals surface area contributed by atoms with Crippen LogP contribution in [0.3, 0.4) is 0 Å². The van der Waals surface area contributed by atoms with Gasteiger partial charge in [-0.1, -0.05) is 23.7 Å². The van der Waals surface area contributed by atoms with Crippen molar-refractivity contribution in [1.29, 1.82) is 0 Å². The number of rotatable bonds is 8. The second-order valence-corrected chi connectivity index (χ2v) is 7.02. The quantitative estimate of drug-likeness (QED) is 0.705. The Morgan fingerprint density at radius 3 is 2.59 bits per heavy atom. The highest BCUT2D eigenvalue weighted by molar-refractivity contribution is 6.34. The van der Waals surface area contributed by atoms with Crippen molar-refractivity contribution in [3.63, 3.8) is 0 Å². The summed E-state index contributed by atoms with van der Waals surface area (Å²) < 4.78 is 22.2. The first-order chi connectivity index (χ1) is 14.1. The predicted octanol–water partition coefficient (Wildman–Crippen LogP) is 3.46. The number of anilines is 1. The van der Waals surface area contributed by atoms with E-state index in [1.807, 2.05) is 36.2 Å². The molecule has 7 nitrogen and oxygen atoms in total. The fraction of sp³-hybridized carbons (Fsp3) is 0.381. The van der Waals surface area contributed by atoms with E-state index in [1.54, 1.807) is 19.2 Å². The van der Waals surface area contributed by atoms with E-state index in [4.69, 9.17) is 30.5 Å². The van der Waals surface area contributed by atoms with E-state index in [-0.39, 0.29) is 12.5 Å². The van der Waals surface area contributed by atoms with Crippen molar-refractivity contribution < 1.29 is 23.7 Å². The van der Waals surface area contributed by atoms with Gasteiger partial charge < -0.3 is 24.3 Å². The highest BCUT2D eigenvalue weighted by Crippen LogP contribution is 2.37. The third-order valence-corrected chi connectivity index (χ3v) is 4.64. The van der Waals surface area contributed by atoms with Gasteiger partial charge in [0.1, 0.15) is 6.61 Å². The number of methoxy groups -OCH3 is 1. The van der Waals surface area contributed by atoms with E-state index in [1.165, 1.54) is 0 Å². The average molecular weight is 421 g/mol. The van der Waals surface area contributed by atoms with Crippen molar-refractivity contribution in [2.24, 2.45) is 0 Å². The first-order valence-corrected chi connectivity index (χ1v) is 9.78. The van der Waals surface area contributed by atoms with E-state index in [0.717, 1.165) is 6.42 Å². The zero-order valence-corrected chi connectivity index (χ0v) is 17.3. The summed E-state index contributed by atoms with van der Waals surface area (Å²) in [5.74, 6) is 2.35. The van der Waals surface area contributed by atoms with Gasteiger partial charge in [-0.25, -0.2) is 0 Å². The van der Waals surface area contributed by atoms with Crippen molar-refractivity contribution in [2.75, 3.05) is 52.4 Å². The van der Waals surface area contributed by atoms with E-state index in [9.17, 15) is 4.79 Å². The van der Waals surface area contributed by atoms with Crippen molar-refractivity contribution in [2.45, 2.75) is 6.42 Å². The standard InChI is InChI=1S/C21H25ClN2O5/c1-24(8-11-29-18-7-4-3-6-17(18)26-2)14-21(25)23-16-13-20-19(12-15(16)22)27-9-5-10-28-20/h3-4,6-7,12-13H,5,8-11,14H2,1-2H3,(H,23,25). The molecule has 1 aliphatic rings. The normalized spacial score (nSPS) is 13.0. The minimum atomic E-state index is -0.179. The molecule has 0 saturated heterocycles. The molecule has 0 unspecified atom stereocenters. The molecule has 0 atom stereocenters. The minimum Gasteiger partial charge on any atom is -0.493 e. The van der Waals surface area contributed by atoms with E-state index in [2.05, 4.69) is 5.32 Å². The SMILES string of the molecule is COc1ccccc1OCCN(C)CC(=O)Nc1cc2c(cc1Cl)OCCCO2. The maximum Gasteiger partial charge on any atom is 0.238 e. The second-order valence-electron chi connectivity index (χ2n) is 6.61. The highest BCUT2D eigenvalue weighted by atomic mass is 35.5. The largest absolute Gasteiger partial charge is 0.493 e. The second kappa shape index (κ2) is 10.2. The molecule has 3 rings (SSSR count). The van der Waals surface area contributed by atoms with Crippen LogP contribution in [0.5, 0.6) is 23.0 Å². The number of fused-ring (bicyclic) bond motifs is 1. The van der Waals surface area contributed by atoms with Crippen molar-refractivity contribution in [3.8, 4) is 23.0 Å². The van der Waals surface area contributed by atoms with Gasteiger partial charge in [-0.3, -0.25) is 9.69 Å². The van der Waals surface area contributed by atoms with Gasteiger partial charge in [-0.05, 0) is 19.2 Å². The summed E-state index contributed by atoms with van der Waals surface area (Å²) in [7, 11) is 3.45. The number of hydrogen-bond donors (Lipinski definition) is 1. The lowest BCUT2D eigenvalue weighted by molar-refractivity contribution is -0.117. The summed E-state index contributed by atoms with van der Waals surface area (Å²) in [5.41, 5.74) is 0.500. The molecule has 0 bridgehead atoms. The van der Waals surface area contributed by atoms with Gasteiger partial charge in [0.05, 0.1) is 37.6 Å². The summed E-state index contributed by atoms with van der Waals surface area (Å²) in [6.07, 6.45) is 0.801. The van der Waals surface area contributed by atoms with Crippen LogP contribution in [0.15, 0.2) is 36.4 Å². The van der Waals surface area contributed by atoms with Crippen molar-refractivity contribution in [1.82, 2.24) is 4.90 Å². The molecule has 1 amide bonds. The van der Waals surface area contributed by atoms with Gasteiger partial charge in [-0.2, -0.15) is 0 Å². The van der Waals surface area contributed by atoms with Gasteiger partial charge in [-0.15, -0.1) is 0 Å². The fourth-order valence-electron chi connectivity index (χ4n) is 2.84. The van der Waals surface area contributed by atoms with Crippen molar-refractivity contribution in [3.05, 3.63) is 41.4 Å². The van der Waals surface area contributed by atoms with Gasteiger partial charge in [0, 0.05) is 25.1 Å². The number of halogens is 1. The number of nitrogens with zero attached hydrogens (tertiary/aromatic N) is 1. The molecule has 2 aromatic rings. The highest BCUT2D eigenvalue weighted by Gasteiger charge is 2.16. The molecular formula is C21H25ClN2O5. The van der Waals surface area contributed by atoms with E-state index < -0.39 is 0 Å². The molecule has 8 heteroatoms.